The first-order chi connectivity index (χ1) is 11.0. The number of likely N-dealkylation sites (tertiary alicyclic amines) is 1. The second-order valence-electron chi connectivity index (χ2n) is 6.51. The number of ether oxygens (including phenoxy) is 1. The standard InChI is InChI=1S/C16H24N4O3/c1-11(23-10-13-3-4-13)16(22)19-7-5-14(9-19)20-8-6-15(18-20)17-12(2)21/h6,8,11,13-14H,3-5,7,9-10H2,1-2H3,(H,17,18,21)/t11-,14+/m1/s1. The summed E-state index contributed by atoms with van der Waals surface area (Å²) >= 11 is 0. The third-order valence-electron chi connectivity index (χ3n) is 4.39. The molecule has 2 fully saturated rings. The van der Waals surface area contributed by atoms with E-state index in [0.29, 0.717) is 24.9 Å². The van der Waals surface area contributed by atoms with E-state index in [1.807, 2.05) is 22.7 Å². The van der Waals surface area contributed by atoms with Gasteiger partial charge in [0, 0.05) is 32.3 Å². The van der Waals surface area contributed by atoms with E-state index in [1.54, 1.807) is 6.07 Å². The molecular weight excluding hydrogens is 296 g/mol. The maximum Gasteiger partial charge on any atom is 0.251 e. The molecule has 1 aliphatic heterocycles. The van der Waals surface area contributed by atoms with E-state index in [-0.39, 0.29) is 24.0 Å². The maximum absolute atomic E-state index is 12.4. The summed E-state index contributed by atoms with van der Waals surface area (Å²) in [5.74, 6) is 1.12. The normalized spacial score (nSPS) is 22.2. The lowest BCUT2D eigenvalue weighted by Gasteiger charge is -2.21. The lowest BCUT2D eigenvalue weighted by Crippen LogP contribution is -2.38. The molecule has 7 heteroatoms. The smallest absolute Gasteiger partial charge is 0.251 e. The summed E-state index contributed by atoms with van der Waals surface area (Å²) in [5, 5.41) is 7.02. The van der Waals surface area contributed by atoms with Crippen LogP contribution in [0.3, 0.4) is 0 Å². The Kier molecular flexibility index (Phi) is 4.66. The highest BCUT2D eigenvalue weighted by Crippen LogP contribution is 2.29. The molecule has 7 nitrogen and oxygen atoms in total. The predicted octanol–water partition coefficient (Wildman–Crippen LogP) is 1.43. The fourth-order valence-corrected chi connectivity index (χ4v) is 2.84. The molecule has 0 aromatic carbocycles. The van der Waals surface area contributed by atoms with Crippen LogP contribution in [0.1, 0.15) is 39.2 Å². The van der Waals surface area contributed by atoms with Gasteiger partial charge in [-0.05, 0) is 32.1 Å². The minimum atomic E-state index is -0.373. The average molecular weight is 320 g/mol. The second kappa shape index (κ2) is 6.70. The molecule has 2 aliphatic rings. The summed E-state index contributed by atoms with van der Waals surface area (Å²) in [6.07, 6.45) is 4.78. The number of rotatable bonds is 6. The maximum atomic E-state index is 12.4. The Hall–Kier alpha value is -1.89. The fourth-order valence-electron chi connectivity index (χ4n) is 2.84. The van der Waals surface area contributed by atoms with E-state index in [2.05, 4.69) is 10.4 Å². The first-order valence-electron chi connectivity index (χ1n) is 8.26. The van der Waals surface area contributed by atoms with E-state index in [0.717, 1.165) is 13.0 Å². The van der Waals surface area contributed by atoms with Crippen LogP contribution in [0.4, 0.5) is 5.82 Å². The minimum absolute atomic E-state index is 0.0578. The monoisotopic (exact) mass is 320 g/mol. The molecule has 2 amide bonds. The molecule has 0 spiro atoms. The zero-order valence-corrected chi connectivity index (χ0v) is 13.7. The molecule has 1 saturated carbocycles. The van der Waals surface area contributed by atoms with Gasteiger partial charge in [-0.2, -0.15) is 5.10 Å². The molecule has 1 aliphatic carbocycles. The van der Waals surface area contributed by atoms with Gasteiger partial charge in [0.25, 0.3) is 5.91 Å². The van der Waals surface area contributed by atoms with Crippen LogP contribution in [0.5, 0.6) is 0 Å². The summed E-state index contributed by atoms with van der Waals surface area (Å²) in [7, 11) is 0. The Balaban J connectivity index is 1.51. The van der Waals surface area contributed by atoms with E-state index in [1.165, 1.54) is 19.8 Å². The first kappa shape index (κ1) is 16.0. The molecule has 3 rings (SSSR count). The number of amides is 2. The molecule has 0 unspecified atom stereocenters. The quantitative estimate of drug-likeness (QED) is 0.860. The average Bonchev–Trinajstić information content (AvgIpc) is 3.01. The highest BCUT2D eigenvalue weighted by Gasteiger charge is 2.31. The first-order valence-corrected chi connectivity index (χ1v) is 8.26. The summed E-state index contributed by atoms with van der Waals surface area (Å²) in [5.41, 5.74) is 0. The molecule has 2 atom stereocenters. The summed E-state index contributed by atoms with van der Waals surface area (Å²) in [6.45, 7) is 5.34. The van der Waals surface area contributed by atoms with Crippen LogP contribution in [0, 0.1) is 5.92 Å². The molecule has 1 saturated heterocycles. The topological polar surface area (TPSA) is 76.5 Å². The van der Waals surface area contributed by atoms with Crippen molar-refractivity contribution in [3.05, 3.63) is 12.3 Å². The van der Waals surface area contributed by atoms with Gasteiger partial charge in [0.1, 0.15) is 6.10 Å². The molecule has 126 valence electrons. The van der Waals surface area contributed by atoms with E-state index in [4.69, 9.17) is 4.74 Å². The van der Waals surface area contributed by atoms with Crippen molar-refractivity contribution in [1.82, 2.24) is 14.7 Å². The number of aromatic nitrogens is 2. The van der Waals surface area contributed by atoms with Crippen LogP contribution in [0.25, 0.3) is 0 Å². The minimum Gasteiger partial charge on any atom is -0.368 e. The highest BCUT2D eigenvalue weighted by atomic mass is 16.5. The molecule has 1 aromatic heterocycles. The van der Waals surface area contributed by atoms with Crippen LogP contribution < -0.4 is 5.32 Å². The van der Waals surface area contributed by atoms with Gasteiger partial charge in [0.15, 0.2) is 5.82 Å². The fraction of sp³-hybridized carbons (Fsp3) is 0.688. The molecule has 1 aromatic rings. The third-order valence-corrected chi connectivity index (χ3v) is 4.39. The van der Waals surface area contributed by atoms with Gasteiger partial charge < -0.3 is 15.0 Å². The Morgan fingerprint density at radius 2 is 2.22 bits per heavy atom. The number of carbonyl (C=O) groups excluding carboxylic acids is 2. The van der Waals surface area contributed by atoms with Gasteiger partial charge >= 0.3 is 0 Å². The Morgan fingerprint density at radius 3 is 2.91 bits per heavy atom. The Bertz CT molecular complexity index is 582. The molecule has 0 radical (unpaired) electrons. The Labute approximate surface area is 136 Å². The SMILES string of the molecule is CC(=O)Nc1ccn([C@H]2CCN(C(=O)[C@@H](C)OCC3CC3)C2)n1. The lowest BCUT2D eigenvalue weighted by molar-refractivity contribution is -0.141. The van der Waals surface area contributed by atoms with Gasteiger partial charge in [-0.15, -0.1) is 0 Å². The van der Waals surface area contributed by atoms with Crippen LogP contribution >= 0.6 is 0 Å². The molecule has 23 heavy (non-hydrogen) atoms. The van der Waals surface area contributed by atoms with Crippen molar-refractivity contribution in [2.45, 2.75) is 45.3 Å². The van der Waals surface area contributed by atoms with Crippen molar-refractivity contribution in [3.63, 3.8) is 0 Å². The van der Waals surface area contributed by atoms with Gasteiger partial charge in [0.2, 0.25) is 5.91 Å². The van der Waals surface area contributed by atoms with E-state index < -0.39 is 0 Å². The Morgan fingerprint density at radius 1 is 1.43 bits per heavy atom. The number of hydrogen-bond acceptors (Lipinski definition) is 4. The number of hydrogen-bond donors (Lipinski definition) is 1. The van der Waals surface area contributed by atoms with Crippen molar-refractivity contribution in [3.8, 4) is 0 Å². The lowest BCUT2D eigenvalue weighted by atomic mass is 10.3. The van der Waals surface area contributed by atoms with Crippen molar-refractivity contribution in [2.75, 3.05) is 25.0 Å². The zero-order chi connectivity index (χ0) is 16.4. The van der Waals surface area contributed by atoms with E-state index in [9.17, 15) is 9.59 Å². The van der Waals surface area contributed by atoms with Gasteiger partial charge in [-0.1, -0.05) is 0 Å². The summed E-state index contributed by atoms with van der Waals surface area (Å²) in [6, 6.07) is 1.92. The highest BCUT2D eigenvalue weighted by molar-refractivity contribution is 5.87. The number of anilines is 1. The van der Waals surface area contributed by atoms with Crippen LogP contribution in [-0.4, -0.2) is 52.3 Å². The number of nitrogens with one attached hydrogen (secondary N) is 1. The van der Waals surface area contributed by atoms with Crippen LogP contribution in [0.2, 0.25) is 0 Å². The van der Waals surface area contributed by atoms with E-state index >= 15 is 0 Å². The summed E-state index contributed by atoms with van der Waals surface area (Å²) in [4.78, 5) is 25.3. The molecule has 1 N–H and O–H groups in total. The van der Waals surface area contributed by atoms with Gasteiger partial charge in [0.05, 0.1) is 12.6 Å². The molecule has 0 bridgehead atoms. The van der Waals surface area contributed by atoms with Crippen LogP contribution in [0.15, 0.2) is 12.3 Å². The zero-order valence-electron chi connectivity index (χ0n) is 13.7. The molecule has 2 heterocycles. The van der Waals surface area contributed by atoms with Crippen LogP contribution in [-0.2, 0) is 14.3 Å². The van der Waals surface area contributed by atoms with Crippen molar-refractivity contribution in [2.24, 2.45) is 5.92 Å². The van der Waals surface area contributed by atoms with Crippen molar-refractivity contribution >= 4 is 17.6 Å². The summed E-state index contributed by atoms with van der Waals surface area (Å²) < 4.78 is 7.50. The van der Waals surface area contributed by atoms with Gasteiger partial charge in [-0.25, -0.2) is 0 Å². The third kappa shape index (κ3) is 4.10. The predicted molar refractivity (Wildman–Crippen MR) is 84.9 cm³/mol. The second-order valence-corrected chi connectivity index (χ2v) is 6.51. The largest absolute Gasteiger partial charge is 0.368 e. The van der Waals surface area contributed by atoms with Gasteiger partial charge in [-0.3, -0.25) is 14.3 Å². The van der Waals surface area contributed by atoms with Crippen molar-refractivity contribution in [1.29, 1.82) is 0 Å². The van der Waals surface area contributed by atoms with Crippen molar-refractivity contribution < 1.29 is 14.3 Å². The number of carbonyl (C=O) groups is 2. The molecular formula is C16H24N4O3. The number of nitrogens with zero attached hydrogens (tertiary/aromatic N) is 3.